The second kappa shape index (κ2) is 6.04. The molecule has 0 amide bonds. The summed E-state index contributed by atoms with van der Waals surface area (Å²) < 4.78 is 26.7. The zero-order chi connectivity index (χ0) is 14.8. The molecule has 0 radical (unpaired) electrons. The maximum absolute atomic E-state index is 12.1. The van der Waals surface area contributed by atoms with Crippen molar-refractivity contribution in [2.75, 3.05) is 6.54 Å². The Morgan fingerprint density at radius 3 is 2.75 bits per heavy atom. The molecule has 0 spiro atoms. The minimum atomic E-state index is -3.66. The molecule has 2 aromatic heterocycles. The number of carbonyl (C=O) groups is 1. The standard InChI is InChI=1S/C12H13NO4S3/c1-8-11(7-10(19-8)12(14)15)20(16,17)13-5-4-9-3-2-6-18-9/h2-3,6-7,13H,4-5H2,1H3,(H,14,15). The number of aromatic carboxylic acids is 1. The highest BCUT2D eigenvalue weighted by molar-refractivity contribution is 7.89. The zero-order valence-electron chi connectivity index (χ0n) is 10.6. The number of carboxylic acids is 1. The smallest absolute Gasteiger partial charge is 0.345 e. The Labute approximate surface area is 124 Å². The summed E-state index contributed by atoms with van der Waals surface area (Å²) in [6.45, 7) is 1.89. The molecule has 8 heteroatoms. The second-order valence-electron chi connectivity index (χ2n) is 4.06. The number of sulfonamides is 1. The summed E-state index contributed by atoms with van der Waals surface area (Å²) in [5.41, 5.74) is 0. The molecule has 0 atom stereocenters. The van der Waals surface area contributed by atoms with Crippen LogP contribution in [0.2, 0.25) is 0 Å². The van der Waals surface area contributed by atoms with Gasteiger partial charge in [-0.3, -0.25) is 0 Å². The van der Waals surface area contributed by atoms with E-state index in [2.05, 4.69) is 4.72 Å². The van der Waals surface area contributed by atoms with Crippen molar-refractivity contribution in [3.05, 3.63) is 38.2 Å². The van der Waals surface area contributed by atoms with Crippen molar-refractivity contribution in [2.24, 2.45) is 0 Å². The van der Waals surface area contributed by atoms with Crippen molar-refractivity contribution in [1.29, 1.82) is 0 Å². The number of rotatable bonds is 6. The lowest BCUT2D eigenvalue weighted by Crippen LogP contribution is -2.26. The van der Waals surface area contributed by atoms with E-state index >= 15 is 0 Å². The molecule has 108 valence electrons. The number of carboxylic acid groups (broad SMARTS) is 1. The van der Waals surface area contributed by atoms with Crippen molar-refractivity contribution in [3.8, 4) is 0 Å². The van der Waals surface area contributed by atoms with Crippen LogP contribution in [0, 0.1) is 6.92 Å². The van der Waals surface area contributed by atoms with Crippen LogP contribution in [0.3, 0.4) is 0 Å². The van der Waals surface area contributed by atoms with E-state index in [-0.39, 0.29) is 9.77 Å². The van der Waals surface area contributed by atoms with E-state index in [9.17, 15) is 13.2 Å². The fourth-order valence-corrected chi connectivity index (χ4v) is 4.85. The number of thiophene rings is 2. The molecule has 20 heavy (non-hydrogen) atoms. The van der Waals surface area contributed by atoms with Gasteiger partial charge in [0.15, 0.2) is 0 Å². The number of hydrogen-bond donors (Lipinski definition) is 2. The summed E-state index contributed by atoms with van der Waals surface area (Å²) in [5, 5.41) is 10.8. The number of aryl methyl sites for hydroxylation is 1. The van der Waals surface area contributed by atoms with Gasteiger partial charge in [0.25, 0.3) is 0 Å². The number of nitrogens with one attached hydrogen (secondary N) is 1. The van der Waals surface area contributed by atoms with Gasteiger partial charge in [0, 0.05) is 16.3 Å². The van der Waals surface area contributed by atoms with Crippen LogP contribution in [0.4, 0.5) is 0 Å². The molecule has 0 aliphatic heterocycles. The normalized spacial score (nSPS) is 11.7. The molecule has 2 aromatic rings. The van der Waals surface area contributed by atoms with Crippen LogP contribution < -0.4 is 4.72 Å². The summed E-state index contributed by atoms with van der Waals surface area (Å²) in [7, 11) is -3.66. The molecule has 0 unspecified atom stereocenters. The maximum Gasteiger partial charge on any atom is 0.345 e. The minimum Gasteiger partial charge on any atom is -0.477 e. The van der Waals surface area contributed by atoms with Gasteiger partial charge in [-0.05, 0) is 30.9 Å². The largest absolute Gasteiger partial charge is 0.477 e. The first kappa shape index (κ1) is 15.2. The van der Waals surface area contributed by atoms with Crippen LogP contribution in [0.5, 0.6) is 0 Å². The van der Waals surface area contributed by atoms with E-state index in [0.717, 1.165) is 16.2 Å². The van der Waals surface area contributed by atoms with Gasteiger partial charge in [-0.2, -0.15) is 0 Å². The highest BCUT2D eigenvalue weighted by atomic mass is 32.2. The van der Waals surface area contributed by atoms with Crippen molar-refractivity contribution in [3.63, 3.8) is 0 Å². The molecule has 2 heterocycles. The van der Waals surface area contributed by atoms with Gasteiger partial charge in [0.05, 0.1) is 4.90 Å². The quantitative estimate of drug-likeness (QED) is 0.851. The summed E-state index contributed by atoms with van der Waals surface area (Å²) in [5.74, 6) is -1.11. The number of hydrogen-bond acceptors (Lipinski definition) is 5. The topological polar surface area (TPSA) is 83.5 Å². The van der Waals surface area contributed by atoms with Gasteiger partial charge in [0.1, 0.15) is 4.88 Å². The van der Waals surface area contributed by atoms with Gasteiger partial charge in [-0.15, -0.1) is 22.7 Å². The Balaban J connectivity index is 2.08. The van der Waals surface area contributed by atoms with Gasteiger partial charge in [0.2, 0.25) is 10.0 Å². The summed E-state index contributed by atoms with van der Waals surface area (Å²) in [6, 6.07) is 5.06. The van der Waals surface area contributed by atoms with Crippen LogP contribution >= 0.6 is 22.7 Å². The molecular formula is C12H13NO4S3. The molecule has 0 fully saturated rings. The fraction of sp³-hybridized carbons (Fsp3) is 0.250. The molecule has 0 bridgehead atoms. The first-order chi connectivity index (χ1) is 9.40. The molecule has 0 aliphatic carbocycles. The lowest BCUT2D eigenvalue weighted by molar-refractivity contribution is 0.0702. The average Bonchev–Trinajstić information content (AvgIpc) is 2.98. The van der Waals surface area contributed by atoms with Crippen molar-refractivity contribution in [1.82, 2.24) is 4.72 Å². The van der Waals surface area contributed by atoms with Crippen LogP contribution in [-0.2, 0) is 16.4 Å². The first-order valence-electron chi connectivity index (χ1n) is 5.76. The molecule has 2 N–H and O–H groups in total. The van der Waals surface area contributed by atoms with Gasteiger partial charge < -0.3 is 5.11 Å². The predicted octanol–water partition coefficient (Wildman–Crippen LogP) is 2.34. The predicted molar refractivity (Wildman–Crippen MR) is 79.2 cm³/mol. The summed E-state index contributed by atoms with van der Waals surface area (Å²) >= 11 is 2.53. The molecular weight excluding hydrogens is 318 g/mol. The second-order valence-corrected chi connectivity index (χ2v) is 8.09. The maximum atomic E-state index is 12.1. The summed E-state index contributed by atoms with van der Waals surface area (Å²) in [6.07, 6.45) is 0.617. The van der Waals surface area contributed by atoms with Crippen LogP contribution in [0.1, 0.15) is 19.4 Å². The van der Waals surface area contributed by atoms with Gasteiger partial charge in [-0.25, -0.2) is 17.9 Å². The third-order valence-electron chi connectivity index (χ3n) is 2.62. The van der Waals surface area contributed by atoms with Crippen LogP contribution in [0.25, 0.3) is 0 Å². The van der Waals surface area contributed by atoms with Crippen LogP contribution in [0.15, 0.2) is 28.5 Å². The van der Waals surface area contributed by atoms with Crippen molar-refractivity contribution in [2.45, 2.75) is 18.2 Å². The minimum absolute atomic E-state index is 0.0288. The highest BCUT2D eigenvalue weighted by Crippen LogP contribution is 2.25. The van der Waals surface area contributed by atoms with Crippen molar-refractivity contribution < 1.29 is 18.3 Å². The Bertz CT molecular complexity index is 701. The Morgan fingerprint density at radius 1 is 1.45 bits per heavy atom. The van der Waals surface area contributed by atoms with Crippen LogP contribution in [-0.4, -0.2) is 26.0 Å². The molecule has 0 aromatic carbocycles. The Kier molecular flexibility index (Phi) is 4.59. The molecule has 0 aliphatic rings. The van der Waals surface area contributed by atoms with E-state index in [0.29, 0.717) is 17.8 Å². The average molecular weight is 331 g/mol. The van der Waals surface area contributed by atoms with Gasteiger partial charge in [-0.1, -0.05) is 6.07 Å². The third-order valence-corrected chi connectivity index (χ3v) is 6.31. The lowest BCUT2D eigenvalue weighted by Gasteiger charge is -2.05. The molecule has 0 saturated carbocycles. The zero-order valence-corrected chi connectivity index (χ0v) is 13.1. The van der Waals surface area contributed by atoms with E-state index < -0.39 is 16.0 Å². The molecule has 2 rings (SSSR count). The van der Waals surface area contributed by atoms with E-state index in [1.807, 2.05) is 17.5 Å². The van der Waals surface area contributed by atoms with E-state index in [1.165, 1.54) is 6.07 Å². The molecule has 0 saturated heterocycles. The summed E-state index contributed by atoms with van der Waals surface area (Å²) in [4.78, 5) is 12.5. The molecule has 5 nitrogen and oxygen atoms in total. The Hall–Kier alpha value is -1.22. The third kappa shape index (κ3) is 3.45. The lowest BCUT2D eigenvalue weighted by atomic mass is 10.3. The highest BCUT2D eigenvalue weighted by Gasteiger charge is 2.21. The monoisotopic (exact) mass is 331 g/mol. The Morgan fingerprint density at radius 2 is 2.20 bits per heavy atom. The van der Waals surface area contributed by atoms with Crippen molar-refractivity contribution >= 4 is 38.7 Å². The first-order valence-corrected chi connectivity index (χ1v) is 8.94. The van der Waals surface area contributed by atoms with E-state index in [4.69, 9.17) is 5.11 Å². The fourth-order valence-electron chi connectivity index (χ4n) is 1.68. The van der Waals surface area contributed by atoms with Gasteiger partial charge >= 0.3 is 5.97 Å². The van der Waals surface area contributed by atoms with E-state index in [1.54, 1.807) is 18.3 Å². The SMILES string of the molecule is Cc1sc(C(=O)O)cc1S(=O)(=O)NCCc1cccs1.